The van der Waals surface area contributed by atoms with Crippen LogP contribution in [0.3, 0.4) is 0 Å². The van der Waals surface area contributed by atoms with Crippen LogP contribution in [0.15, 0.2) is 30.3 Å². The van der Waals surface area contributed by atoms with Gasteiger partial charge in [0.2, 0.25) is 11.8 Å². The fraction of sp³-hybridized carbons (Fsp3) is 0.400. The molecule has 148 valence electrons. The maximum absolute atomic E-state index is 12.3. The Hall–Kier alpha value is -2.74. The van der Waals surface area contributed by atoms with E-state index >= 15 is 0 Å². The topological polar surface area (TPSA) is 82.6 Å². The summed E-state index contributed by atoms with van der Waals surface area (Å²) in [4.78, 5) is 44.2. The average molecular weight is 401 g/mol. The Labute approximate surface area is 168 Å². The molecule has 1 aliphatic heterocycles. The van der Waals surface area contributed by atoms with Gasteiger partial charge in [-0.25, -0.2) is 9.78 Å². The highest BCUT2D eigenvalue weighted by Gasteiger charge is 2.32. The number of aromatic nitrogens is 1. The van der Waals surface area contributed by atoms with E-state index in [2.05, 4.69) is 24.1 Å². The summed E-state index contributed by atoms with van der Waals surface area (Å²) in [5.41, 5.74) is 1.92. The third kappa shape index (κ3) is 4.39. The molecule has 2 heterocycles. The van der Waals surface area contributed by atoms with Gasteiger partial charge in [-0.05, 0) is 12.3 Å². The lowest BCUT2D eigenvalue weighted by atomic mass is 10.1. The van der Waals surface area contributed by atoms with Crippen LogP contribution in [0.2, 0.25) is 0 Å². The van der Waals surface area contributed by atoms with Crippen LogP contribution in [0.5, 0.6) is 0 Å². The molecule has 0 unspecified atom stereocenters. The van der Waals surface area contributed by atoms with Crippen molar-refractivity contribution >= 4 is 34.3 Å². The lowest BCUT2D eigenvalue weighted by molar-refractivity contribution is -0.125. The zero-order valence-corrected chi connectivity index (χ0v) is 17.1. The van der Waals surface area contributed by atoms with E-state index < -0.39 is 0 Å². The second kappa shape index (κ2) is 8.52. The number of rotatable bonds is 7. The molecule has 1 fully saturated rings. The molecular weight excluding hydrogens is 376 g/mol. The molecule has 2 aromatic rings. The minimum atomic E-state index is -0.306. The van der Waals surface area contributed by atoms with Crippen molar-refractivity contribution in [3.63, 3.8) is 0 Å². The predicted molar refractivity (Wildman–Crippen MR) is 109 cm³/mol. The Morgan fingerprint density at radius 1 is 1.25 bits per heavy atom. The number of hydrogen-bond acceptors (Lipinski definition) is 5. The first-order chi connectivity index (χ1) is 13.4. The summed E-state index contributed by atoms with van der Waals surface area (Å²) in [6.07, 6.45) is 0.642. The van der Waals surface area contributed by atoms with Gasteiger partial charge in [-0.15, -0.1) is 11.3 Å². The van der Waals surface area contributed by atoms with E-state index in [0.717, 1.165) is 16.1 Å². The molecule has 0 saturated carbocycles. The van der Waals surface area contributed by atoms with Crippen molar-refractivity contribution in [2.24, 2.45) is 0 Å². The van der Waals surface area contributed by atoms with Gasteiger partial charge in [-0.1, -0.05) is 44.2 Å². The second-order valence-electron chi connectivity index (χ2n) is 7.09. The Morgan fingerprint density at radius 3 is 2.57 bits per heavy atom. The summed E-state index contributed by atoms with van der Waals surface area (Å²) in [5, 5.41) is 3.42. The maximum Gasteiger partial charge on any atom is 0.326 e. The molecule has 1 aliphatic rings. The van der Waals surface area contributed by atoms with Crippen LogP contribution in [0.4, 0.5) is 9.93 Å². The summed E-state index contributed by atoms with van der Waals surface area (Å²) in [6.45, 7) is 4.56. The number of urea groups is 1. The monoisotopic (exact) mass is 400 g/mol. The summed E-state index contributed by atoms with van der Waals surface area (Å²) < 4.78 is 0. The summed E-state index contributed by atoms with van der Waals surface area (Å²) >= 11 is 1.48. The summed E-state index contributed by atoms with van der Waals surface area (Å²) in [7, 11) is 1.59. The van der Waals surface area contributed by atoms with Crippen molar-refractivity contribution in [3.05, 3.63) is 35.2 Å². The molecule has 28 heavy (non-hydrogen) atoms. The normalized spacial score (nSPS) is 14.3. The molecule has 1 aromatic carbocycles. The van der Waals surface area contributed by atoms with Crippen LogP contribution in [0, 0.1) is 0 Å². The SMILES string of the molecule is CC(C)c1sc(NC(=O)CCCN2C(=O)CN(C)C2=O)nc1-c1ccccc1. The number of carbonyl (C=O) groups excluding carboxylic acids is 3. The number of carbonyl (C=O) groups is 3. The van der Waals surface area contributed by atoms with Crippen molar-refractivity contribution in [2.75, 3.05) is 25.5 Å². The third-order valence-corrected chi connectivity index (χ3v) is 5.76. The molecule has 4 amide bonds. The van der Waals surface area contributed by atoms with Crippen molar-refractivity contribution in [1.82, 2.24) is 14.8 Å². The highest BCUT2D eigenvalue weighted by atomic mass is 32.1. The van der Waals surface area contributed by atoms with Gasteiger partial charge in [0, 0.05) is 30.5 Å². The van der Waals surface area contributed by atoms with E-state index in [1.165, 1.54) is 21.1 Å². The van der Waals surface area contributed by atoms with E-state index in [1.807, 2.05) is 30.3 Å². The van der Waals surface area contributed by atoms with Gasteiger partial charge in [-0.2, -0.15) is 0 Å². The van der Waals surface area contributed by atoms with Gasteiger partial charge in [-0.3, -0.25) is 14.5 Å². The minimum Gasteiger partial charge on any atom is -0.318 e. The maximum atomic E-state index is 12.3. The van der Waals surface area contributed by atoms with Crippen molar-refractivity contribution in [1.29, 1.82) is 0 Å². The molecule has 3 rings (SSSR count). The van der Waals surface area contributed by atoms with Crippen molar-refractivity contribution < 1.29 is 14.4 Å². The van der Waals surface area contributed by atoms with E-state index in [1.54, 1.807) is 7.05 Å². The number of amides is 4. The molecule has 7 nitrogen and oxygen atoms in total. The lowest BCUT2D eigenvalue weighted by Gasteiger charge is -2.13. The number of hydrogen-bond donors (Lipinski definition) is 1. The largest absolute Gasteiger partial charge is 0.326 e. The number of nitrogens with zero attached hydrogens (tertiary/aromatic N) is 3. The molecule has 0 atom stereocenters. The number of benzene rings is 1. The number of thiazole rings is 1. The smallest absolute Gasteiger partial charge is 0.318 e. The standard InChI is InChI=1S/C20H24N4O3S/c1-13(2)18-17(14-8-5-4-6-9-14)22-19(28-18)21-15(25)10-7-11-24-16(26)12-23(3)20(24)27/h4-6,8-9,13H,7,10-12H2,1-3H3,(H,21,22,25). The van der Waals surface area contributed by atoms with E-state index in [-0.39, 0.29) is 37.4 Å². The van der Waals surface area contributed by atoms with Gasteiger partial charge in [0.1, 0.15) is 6.54 Å². The van der Waals surface area contributed by atoms with Crippen LogP contribution in [-0.4, -0.2) is 52.8 Å². The lowest BCUT2D eigenvalue weighted by Crippen LogP contribution is -2.32. The summed E-state index contributed by atoms with van der Waals surface area (Å²) in [6, 6.07) is 9.60. The molecule has 0 radical (unpaired) electrons. The Bertz CT molecular complexity index is 879. The zero-order valence-electron chi connectivity index (χ0n) is 16.3. The van der Waals surface area contributed by atoms with E-state index in [9.17, 15) is 14.4 Å². The summed E-state index contributed by atoms with van der Waals surface area (Å²) in [5.74, 6) is -0.0967. The zero-order chi connectivity index (χ0) is 20.3. The van der Waals surface area contributed by atoms with Gasteiger partial charge in [0.15, 0.2) is 5.13 Å². The van der Waals surface area contributed by atoms with Crippen molar-refractivity contribution in [3.8, 4) is 11.3 Å². The third-order valence-electron chi connectivity index (χ3n) is 4.49. The Balaban J connectivity index is 1.60. The number of likely N-dealkylation sites (N-methyl/N-ethyl adjacent to an activating group) is 1. The van der Waals surface area contributed by atoms with E-state index in [4.69, 9.17) is 0 Å². The number of anilines is 1. The van der Waals surface area contributed by atoms with Crippen LogP contribution in [0.1, 0.15) is 37.5 Å². The van der Waals surface area contributed by atoms with Crippen LogP contribution in [-0.2, 0) is 9.59 Å². The molecular formula is C20H24N4O3S. The van der Waals surface area contributed by atoms with Gasteiger partial charge in [0.25, 0.3) is 0 Å². The highest BCUT2D eigenvalue weighted by Crippen LogP contribution is 2.36. The molecule has 0 spiro atoms. The fourth-order valence-electron chi connectivity index (χ4n) is 3.05. The molecule has 8 heteroatoms. The first-order valence-corrected chi connectivity index (χ1v) is 10.1. The quantitative estimate of drug-likeness (QED) is 0.721. The molecule has 0 bridgehead atoms. The van der Waals surface area contributed by atoms with Gasteiger partial charge >= 0.3 is 6.03 Å². The minimum absolute atomic E-state index is 0.102. The first-order valence-electron chi connectivity index (χ1n) is 9.28. The fourth-order valence-corrected chi connectivity index (χ4v) is 4.05. The van der Waals surface area contributed by atoms with Crippen molar-refractivity contribution in [2.45, 2.75) is 32.6 Å². The average Bonchev–Trinajstić information content (AvgIpc) is 3.18. The van der Waals surface area contributed by atoms with Gasteiger partial charge < -0.3 is 10.2 Å². The molecule has 0 aliphatic carbocycles. The Kier molecular flexibility index (Phi) is 6.08. The Morgan fingerprint density at radius 2 is 1.96 bits per heavy atom. The van der Waals surface area contributed by atoms with E-state index in [0.29, 0.717) is 17.5 Å². The van der Waals surface area contributed by atoms with Gasteiger partial charge in [0.05, 0.1) is 5.69 Å². The number of nitrogens with one attached hydrogen (secondary N) is 1. The first kappa shape index (κ1) is 20.0. The van der Waals surface area contributed by atoms with Crippen LogP contribution in [0.25, 0.3) is 11.3 Å². The predicted octanol–water partition coefficient (Wildman–Crippen LogP) is 3.55. The molecule has 1 aromatic heterocycles. The highest BCUT2D eigenvalue weighted by molar-refractivity contribution is 7.16. The number of imide groups is 1. The molecule has 1 N–H and O–H groups in total. The van der Waals surface area contributed by atoms with Crippen LogP contribution >= 0.6 is 11.3 Å². The van der Waals surface area contributed by atoms with Crippen LogP contribution < -0.4 is 5.32 Å². The molecule has 1 saturated heterocycles. The second-order valence-corrected chi connectivity index (χ2v) is 8.12.